The molecule has 2 amide bonds. The van der Waals surface area contributed by atoms with Crippen LogP contribution in [0.3, 0.4) is 0 Å². The van der Waals surface area contributed by atoms with Gasteiger partial charge in [0.25, 0.3) is 0 Å². The molecule has 0 bridgehead atoms. The Labute approximate surface area is 115 Å². The van der Waals surface area contributed by atoms with Crippen LogP contribution >= 0.6 is 31.9 Å². The number of pyridine rings is 1. The molecule has 0 spiro atoms. The second-order valence-electron chi connectivity index (χ2n) is 3.77. The summed E-state index contributed by atoms with van der Waals surface area (Å²) in [5.74, 6) is -0.500. The number of carbonyl (C=O) groups is 2. The number of anilines is 1. The second kappa shape index (κ2) is 4.73. The van der Waals surface area contributed by atoms with Gasteiger partial charge in [-0.3, -0.25) is 14.5 Å². The summed E-state index contributed by atoms with van der Waals surface area (Å²) in [7, 11) is 0. The summed E-state index contributed by atoms with van der Waals surface area (Å²) >= 11 is 6.62. The number of nitrogens with two attached hydrogens (primary N) is 1. The third kappa shape index (κ3) is 2.50. The van der Waals surface area contributed by atoms with Gasteiger partial charge in [-0.25, -0.2) is 4.98 Å². The molecular weight excluding hydrogens is 354 g/mol. The molecule has 0 radical (unpaired) electrons. The first-order chi connectivity index (χ1) is 7.99. The second-order valence-corrected chi connectivity index (χ2v) is 5.54. The number of rotatable bonds is 2. The molecule has 1 unspecified atom stereocenters. The van der Waals surface area contributed by atoms with Crippen molar-refractivity contribution in [1.82, 2.24) is 4.98 Å². The van der Waals surface area contributed by atoms with E-state index < -0.39 is 11.8 Å². The number of hydrogen-bond donors (Lipinski definition) is 1. The molecule has 1 aromatic rings. The minimum absolute atomic E-state index is 0.135. The molecule has 1 saturated heterocycles. The maximum Gasteiger partial charge on any atom is 0.229 e. The molecule has 2 rings (SSSR count). The Morgan fingerprint density at radius 1 is 1.53 bits per heavy atom. The molecule has 1 fully saturated rings. The topological polar surface area (TPSA) is 76.3 Å². The third-order valence-corrected chi connectivity index (χ3v) is 3.59. The number of amides is 2. The van der Waals surface area contributed by atoms with Crippen LogP contribution in [0.2, 0.25) is 0 Å². The van der Waals surface area contributed by atoms with Crippen molar-refractivity contribution >= 4 is 49.5 Å². The Balaban J connectivity index is 2.29. The van der Waals surface area contributed by atoms with E-state index in [0.29, 0.717) is 16.8 Å². The first-order valence-corrected chi connectivity index (χ1v) is 6.48. The van der Waals surface area contributed by atoms with Crippen molar-refractivity contribution in [3.8, 4) is 0 Å². The van der Waals surface area contributed by atoms with E-state index >= 15 is 0 Å². The number of halogens is 2. The molecule has 1 aromatic heterocycles. The molecule has 0 aliphatic carbocycles. The van der Waals surface area contributed by atoms with Crippen molar-refractivity contribution < 1.29 is 9.59 Å². The van der Waals surface area contributed by atoms with E-state index in [4.69, 9.17) is 5.73 Å². The molecule has 0 aromatic carbocycles. The van der Waals surface area contributed by atoms with Gasteiger partial charge < -0.3 is 5.73 Å². The maximum absolute atomic E-state index is 11.8. The molecule has 7 heteroatoms. The van der Waals surface area contributed by atoms with Crippen molar-refractivity contribution in [1.29, 1.82) is 0 Å². The Morgan fingerprint density at radius 2 is 2.24 bits per heavy atom. The van der Waals surface area contributed by atoms with Crippen LogP contribution in [0, 0.1) is 5.92 Å². The third-order valence-electron chi connectivity index (χ3n) is 2.57. The highest BCUT2D eigenvalue weighted by atomic mass is 79.9. The number of primary amides is 1. The van der Waals surface area contributed by atoms with Crippen molar-refractivity contribution in [2.24, 2.45) is 11.7 Å². The molecular formula is C10H9Br2N3O2. The zero-order valence-electron chi connectivity index (χ0n) is 8.69. The van der Waals surface area contributed by atoms with Crippen molar-refractivity contribution in [3.05, 3.63) is 21.2 Å². The Morgan fingerprint density at radius 3 is 2.76 bits per heavy atom. The van der Waals surface area contributed by atoms with Crippen LogP contribution in [0.5, 0.6) is 0 Å². The maximum atomic E-state index is 11.8. The lowest BCUT2D eigenvalue weighted by molar-refractivity contribution is -0.123. The van der Waals surface area contributed by atoms with E-state index in [2.05, 4.69) is 36.8 Å². The molecule has 5 nitrogen and oxygen atoms in total. The smallest absolute Gasteiger partial charge is 0.229 e. The highest BCUT2D eigenvalue weighted by molar-refractivity contribution is 9.11. The lowest BCUT2D eigenvalue weighted by Gasteiger charge is -2.16. The number of hydrogen-bond acceptors (Lipinski definition) is 3. The van der Waals surface area contributed by atoms with Crippen LogP contribution in [0.15, 0.2) is 21.2 Å². The zero-order chi connectivity index (χ0) is 12.6. The Bertz CT molecular complexity index is 492. The first-order valence-electron chi connectivity index (χ1n) is 4.89. The molecule has 2 N–H and O–H groups in total. The van der Waals surface area contributed by atoms with Gasteiger partial charge in [-0.2, -0.15) is 0 Å². The molecule has 90 valence electrons. The van der Waals surface area contributed by atoms with Gasteiger partial charge in [-0.05, 0) is 37.9 Å². The van der Waals surface area contributed by atoms with Crippen molar-refractivity contribution in [2.45, 2.75) is 6.42 Å². The summed E-state index contributed by atoms with van der Waals surface area (Å²) in [6.45, 7) is 0.293. The predicted octanol–water partition coefficient (Wildman–Crippen LogP) is 1.44. The lowest BCUT2D eigenvalue weighted by atomic mass is 10.1. The van der Waals surface area contributed by atoms with Crippen LogP contribution in [0.25, 0.3) is 0 Å². The zero-order valence-corrected chi connectivity index (χ0v) is 11.9. The van der Waals surface area contributed by atoms with Gasteiger partial charge >= 0.3 is 0 Å². The minimum atomic E-state index is -0.450. The monoisotopic (exact) mass is 361 g/mol. The van der Waals surface area contributed by atoms with Crippen LogP contribution in [0.4, 0.5) is 5.82 Å². The van der Waals surface area contributed by atoms with Crippen LogP contribution in [-0.2, 0) is 9.59 Å². The van der Waals surface area contributed by atoms with Gasteiger partial charge in [0.2, 0.25) is 11.8 Å². The van der Waals surface area contributed by atoms with E-state index in [0.717, 1.165) is 4.47 Å². The number of carbonyl (C=O) groups excluding carboxylic acids is 2. The predicted molar refractivity (Wildman–Crippen MR) is 69.3 cm³/mol. The van der Waals surface area contributed by atoms with Gasteiger partial charge in [0, 0.05) is 23.6 Å². The van der Waals surface area contributed by atoms with Crippen LogP contribution in [-0.4, -0.2) is 23.3 Å². The van der Waals surface area contributed by atoms with Crippen molar-refractivity contribution in [2.75, 3.05) is 11.4 Å². The van der Waals surface area contributed by atoms with E-state index in [1.807, 2.05) is 0 Å². The summed E-state index contributed by atoms with van der Waals surface area (Å²) < 4.78 is 1.51. The minimum Gasteiger partial charge on any atom is -0.369 e. The van der Waals surface area contributed by atoms with E-state index in [-0.39, 0.29) is 12.3 Å². The molecule has 1 aliphatic rings. The van der Waals surface area contributed by atoms with Gasteiger partial charge in [-0.15, -0.1) is 0 Å². The summed E-state index contributed by atoms with van der Waals surface area (Å²) in [6, 6.07) is 1.80. The average Bonchev–Trinajstić information content (AvgIpc) is 2.61. The van der Waals surface area contributed by atoms with Gasteiger partial charge in [0.15, 0.2) is 0 Å². The SMILES string of the molecule is NC(=O)C1CC(=O)N(c2ncc(Br)cc2Br)C1. The summed E-state index contributed by atoms with van der Waals surface area (Å²) in [6.07, 6.45) is 1.75. The molecule has 17 heavy (non-hydrogen) atoms. The highest BCUT2D eigenvalue weighted by Crippen LogP contribution is 2.31. The first kappa shape index (κ1) is 12.5. The summed E-state index contributed by atoms with van der Waals surface area (Å²) in [5, 5.41) is 0. The van der Waals surface area contributed by atoms with Gasteiger partial charge in [0.05, 0.1) is 10.4 Å². The molecule has 2 heterocycles. The van der Waals surface area contributed by atoms with E-state index in [9.17, 15) is 9.59 Å². The van der Waals surface area contributed by atoms with Crippen LogP contribution < -0.4 is 10.6 Å². The molecule has 1 atom stereocenters. The quantitative estimate of drug-likeness (QED) is 0.864. The van der Waals surface area contributed by atoms with Gasteiger partial charge in [-0.1, -0.05) is 0 Å². The van der Waals surface area contributed by atoms with E-state index in [1.165, 1.54) is 4.90 Å². The fraction of sp³-hybridized carbons (Fsp3) is 0.300. The standard InChI is InChI=1S/C10H9Br2N3O2/c11-6-2-7(12)10(14-3-6)15-4-5(9(13)17)1-8(15)16/h2-3,5H,1,4H2,(H2,13,17). The van der Waals surface area contributed by atoms with Gasteiger partial charge in [0.1, 0.15) is 5.82 Å². The Hall–Kier alpha value is -0.950. The van der Waals surface area contributed by atoms with Crippen molar-refractivity contribution in [3.63, 3.8) is 0 Å². The van der Waals surface area contributed by atoms with E-state index in [1.54, 1.807) is 12.3 Å². The largest absolute Gasteiger partial charge is 0.369 e. The normalized spacial score (nSPS) is 19.8. The fourth-order valence-corrected chi connectivity index (χ4v) is 2.91. The lowest BCUT2D eigenvalue weighted by Crippen LogP contribution is -2.29. The fourth-order valence-electron chi connectivity index (χ4n) is 1.71. The number of aromatic nitrogens is 1. The highest BCUT2D eigenvalue weighted by Gasteiger charge is 2.35. The molecule has 0 saturated carbocycles. The number of nitrogens with zero attached hydrogens (tertiary/aromatic N) is 2. The molecule has 1 aliphatic heterocycles. The average molecular weight is 363 g/mol. The summed E-state index contributed by atoms with van der Waals surface area (Å²) in [4.78, 5) is 28.5. The summed E-state index contributed by atoms with van der Waals surface area (Å²) in [5.41, 5.74) is 5.20. The van der Waals surface area contributed by atoms with Crippen LogP contribution in [0.1, 0.15) is 6.42 Å². The Kier molecular flexibility index (Phi) is 3.48.